The number of ether oxygens (including phenoxy) is 4. The number of aromatic nitrogens is 2. The highest BCUT2D eigenvalue weighted by atomic mass is 35.5. The van der Waals surface area contributed by atoms with E-state index in [2.05, 4.69) is 27.3 Å². The molecular formula is C36H39ClN4O7. The lowest BCUT2D eigenvalue weighted by molar-refractivity contribution is -0.127. The van der Waals surface area contributed by atoms with Gasteiger partial charge >= 0.3 is 6.09 Å². The van der Waals surface area contributed by atoms with Crippen LogP contribution >= 0.6 is 11.6 Å². The van der Waals surface area contributed by atoms with Crippen LogP contribution in [0.4, 0.5) is 10.5 Å². The Morgan fingerprint density at radius 2 is 1.73 bits per heavy atom. The number of amides is 2. The molecule has 48 heavy (non-hydrogen) atoms. The zero-order chi connectivity index (χ0) is 34.8. The summed E-state index contributed by atoms with van der Waals surface area (Å²) in [6, 6.07) is 16.6. The van der Waals surface area contributed by atoms with Crippen molar-refractivity contribution in [2.24, 2.45) is 0 Å². The van der Waals surface area contributed by atoms with Crippen molar-refractivity contribution >= 4 is 29.3 Å². The van der Waals surface area contributed by atoms with Crippen molar-refractivity contribution in [3.63, 3.8) is 0 Å². The van der Waals surface area contributed by atoms with Gasteiger partial charge in [0.25, 0.3) is 0 Å². The number of benzene rings is 3. The van der Waals surface area contributed by atoms with Crippen LogP contribution in [0.25, 0.3) is 22.5 Å². The third-order valence-corrected chi connectivity index (χ3v) is 6.96. The summed E-state index contributed by atoms with van der Waals surface area (Å²) >= 11 is 6.64. The summed E-state index contributed by atoms with van der Waals surface area (Å²) in [6.45, 7) is 7.63. The summed E-state index contributed by atoms with van der Waals surface area (Å²) in [5.41, 5.74) is 3.22. The maximum absolute atomic E-state index is 12.8. The molecular weight excluding hydrogens is 636 g/mol. The zero-order valence-electron chi connectivity index (χ0n) is 28.1. The molecule has 4 rings (SSSR count). The lowest BCUT2D eigenvalue weighted by atomic mass is 9.96. The van der Waals surface area contributed by atoms with Crippen molar-refractivity contribution in [1.29, 1.82) is 0 Å². The Labute approximate surface area is 285 Å². The minimum Gasteiger partial charge on any atom is -0.466 e. The molecule has 3 aromatic carbocycles. The van der Waals surface area contributed by atoms with E-state index in [0.29, 0.717) is 47.2 Å². The van der Waals surface area contributed by atoms with Crippen LogP contribution in [0.5, 0.6) is 5.75 Å². The molecule has 0 aliphatic rings. The number of halogens is 1. The maximum atomic E-state index is 12.8. The lowest BCUT2D eigenvalue weighted by Gasteiger charge is -2.20. The summed E-state index contributed by atoms with van der Waals surface area (Å²) in [6.07, 6.45) is -0.544. The highest BCUT2D eigenvalue weighted by molar-refractivity contribution is 6.33. The number of nitrogens with one attached hydrogen (secondary N) is 1. The fraction of sp³-hybridized carbons (Fsp3) is 0.333. The number of carbonyl (C=O) groups excluding carboxylic acids is 2. The predicted octanol–water partition coefficient (Wildman–Crippen LogP) is 6.74. The molecule has 0 saturated carbocycles. The number of rotatable bonds is 11. The van der Waals surface area contributed by atoms with Gasteiger partial charge in [0, 0.05) is 44.8 Å². The molecule has 0 atom stereocenters. The minimum absolute atomic E-state index is 0.0679. The van der Waals surface area contributed by atoms with Crippen LogP contribution in [0, 0.1) is 18.8 Å². The first-order chi connectivity index (χ1) is 22.8. The minimum atomic E-state index is -0.738. The van der Waals surface area contributed by atoms with Crippen LogP contribution in [0.3, 0.4) is 0 Å². The van der Waals surface area contributed by atoms with Gasteiger partial charge in [0.2, 0.25) is 17.6 Å². The van der Waals surface area contributed by atoms with Crippen LogP contribution < -0.4 is 10.1 Å². The summed E-state index contributed by atoms with van der Waals surface area (Å²) in [5, 5.41) is 7.03. The molecule has 0 saturated heterocycles. The van der Waals surface area contributed by atoms with Gasteiger partial charge in [-0.2, -0.15) is 4.98 Å². The number of carbonyl (C=O) groups is 2. The number of anilines is 1. The van der Waals surface area contributed by atoms with Gasteiger partial charge in [-0.25, -0.2) is 4.79 Å². The maximum Gasteiger partial charge on any atom is 0.412 e. The Morgan fingerprint density at radius 3 is 2.38 bits per heavy atom. The van der Waals surface area contributed by atoms with Crippen molar-refractivity contribution in [2.75, 3.05) is 46.5 Å². The average molecular weight is 675 g/mol. The second-order valence-electron chi connectivity index (χ2n) is 11.9. The molecule has 12 heteroatoms. The molecule has 4 aromatic rings. The summed E-state index contributed by atoms with van der Waals surface area (Å²) in [4.78, 5) is 31.5. The van der Waals surface area contributed by atoms with E-state index < -0.39 is 11.7 Å². The third kappa shape index (κ3) is 10.1. The molecule has 11 nitrogen and oxygen atoms in total. The van der Waals surface area contributed by atoms with E-state index in [-0.39, 0.29) is 30.0 Å². The fourth-order valence-corrected chi connectivity index (χ4v) is 4.66. The van der Waals surface area contributed by atoms with Crippen molar-refractivity contribution in [1.82, 2.24) is 15.0 Å². The smallest absolute Gasteiger partial charge is 0.412 e. The van der Waals surface area contributed by atoms with Crippen LogP contribution in [0.1, 0.15) is 43.4 Å². The Kier molecular flexibility index (Phi) is 12.2. The molecule has 0 spiro atoms. The van der Waals surface area contributed by atoms with Crippen LogP contribution in [0.15, 0.2) is 59.1 Å². The first-order valence-corrected chi connectivity index (χ1v) is 15.5. The van der Waals surface area contributed by atoms with Crippen LogP contribution in [-0.2, 0) is 25.4 Å². The van der Waals surface area contributed by atoms with E-state index >= 15 is 0 Å². The van der Waals surface area contributed by atoms with E-state index in [9.17, 15) is 9.59 Å². The second-order valence-corrected chi connectivity index (χ2v) is 12.3. The Hall–Kier alpha value is -4.89. The largest absolute Gasteiger partial charge is 0.466 e. The molecule has 0 aliphatic carbocycles. The van der Waals surface area contributed by atoms with Crippen LogP contribution in [0.2, 0.25) is 5.02 Å². The van der Waals surface area contributed by atoms with Gasteiger partial charge in [0.1, 0.15) is 11.4 Å². The highest BCUT2D eigenvalue weighted by Crippen LogP contribution is 2.36. The van der Waals surface area contributed by atoms with Gasteiger partial charge in [-0.3, -0.25) is 10.1 Å². The molecule has 0 bridgehead atoms. The van der Waals surface area contributed by atoms with E-state index in [1.54, 1.807) is 61.0 Å². The van der Waals surface area contributed by atoms with Crippen LogP contribution in [-0.4, -0.2) is 73.9 Å². The summed E-state index contributed by atoms with van der Waals surface area (Å²) < 4.78 is 27.6. The Balaban J connectivity index is 1.89. The normalized spacial score (nSPS) is 11.0. The number of aryl methyl sites for hydroxylation is 1. The first kappa shape index (κ1) is 36.0. The fourth-order valence-electron chi connectivity index (χ4n) is 4.41. The Bertz CT molecular complexity index is 1800. The molecule has 1 N–H and O–H groups in total. The molecule has 0 aliphatic heterocycles. The van der Waals surface area contributed by atoms with Gasteiger partial charge < -0.3 is 28.4 Å². The number of hydrogen-bond donors (Lipinski definition) is 1. The highest BCUT2D eigenvalue weighted by Gasteiger charge is 2.20. The van der Waals surface area contributed by atoms with Gasteiger partial charge in [-0.15, -0.1) is 0 Å². The van der Waals surface area contributed by atoms with E-state index in [0.717, 1.165) is 16.7 Å². The molecule has 1 heterocycles. The Morgan fingerprint density at radius 1 is 1.00 bits per heavy atom. The quantitative estimate of drug-likeness (QED) is 0.105. The van der Waals surface area contributed by atoms with Crippen molar-refractivity contribution < 1.29 is 33.1 Å². The molecule has 0 unspecified atom stereocenters. The molecule has 0 radical (unpaired) electrons. The molecule has 2 amide bonds. The monoisotopic (exact) mass is 674 g/mol. The number of hydrogen-bond acceptors (Lipinski definition) is 9. The SMILES string of the molecule is COCCOCOc1c(C#Cc2cc(-c3noc(C)n3)c(Cl)cc2NC(=O)OC(C)(C)C)cc(CC(=O)N(C)C)cc1-c1ccccc1. The van der Waals surface area contributed by atoms with Crippen molar-refractivity contribution in [2.45, 2.75) is 39.7 Å². The summed E-state index contributed by atoms with van der Waals surface area (Å²) in [5.74, 6) is 7.39. The second kappa shape index (κ2) is 16.3. The van der Waals surface area contributed by atoms with E-state index in [4.69, 9.17) is 35.1 Å². The first-order valence-electron chi connectivity index (χ1n) is 15.1. The lowest BCUT2D eigenvalue weighted by Crippen LogP contribution is -2.27. The standard InChI is InChI=1S/C36H39ClN4O7/c1-23-38-34(40-48-23)29-20-26(31(21-30(29)37)39-35(43)47-36(2,3)4)13-14-27-17-24(19-32(42)41(5)6)18-28(25-11-9-8-10-12-25)33(27)46-22-45-16-15-44-7/h8-12,17-18,20-21H,15-16,19,22H2,1-7H3,(H,39,43). The summed E-state index contributed by atoms with van der Waals surface area (Å²) in [7, 11) is 5.00. The number of methoxy groups -OCH3 is 1. The van der Waals surface area contributed by atoms with E-state index in [1.807, 2.05) is 42.5 Å². The molecule has 252 valence electrons. The molecule has 1 aromatic heterocycles. The topological polar surface area (TPSA) is 125 Å². The van der Waals surface area contributed by atoms with Crippen molar-refractivity contribution in [3.05, 3.63) is 82.2 Å². The number of nitrogens with zero attached hydrogens (tertiary/aromatic N) is 3. The third-order valence-electron chi connectivity index (χ3n) is 6.65. The predicted molar refractivity (Wildman–Crippen MR) is 183 cm³/mol. The van der Waals surface area contributed by atoms with Gasteiger partial charge in [0.15, 0.2) is 6.79 Å². The zero-order valence-corrected chi connectivity index (χ0v) is 28.9. The average Bonchev–Trinajstić information content (AvgIpc) is 3.46. The van der Waals surface area contributed by atoms with Gasteiger partial charge in [-0.05, 0) is 56.2 Å². The van der Waals surface area contributed by atoms with E-state index in [1.165, 1.54) is 4.90 Å². The number of likely N-dealkylation sites (N-methyl/N-ethyl adjacent to an activating group) is 1. The van der Waals surface area contributed by atoms with Gasteiger partial charge in [-0.1, -0.05) is 58.9 Å². The van der Waals surface area contributed by atoms with Crippen molar-refractivity contribution in [3.8, 4) is 40.1 Å². The molecule has 0 fully saturated rings. The van der Waals surface area contributed by atoms with Gasteiger partial charge in [0.05, 0.1) is 35.9 Å².